The molecule has 1 heteroatoms. The van der Waals surface area contributed by atoms with Crippen LogP contribution in [0.2, 0.25) is 0 Å². The van der Waals surface area contributed by atoms with E-state index in [4.69, 9.17) is 0 Å². The standard InChI is InChI=1S/C13H10O/c14-12-8-7-10-4-1-3-9-5-2-6-11(12)13(9)10/h1-5,7-8,14H,6H2. The van der Waals surface area contributed by atoms with E-state index in [1.165, 1.54) is 16.3 Å². The number of hydrogen-bond donors (Lipinski definition) is 1. The average Bonchev–Trinajstić information content (AvgIpc) is 2.24. The Kier molecular flexibility index (Phi) is 1.42. The zero-order valence-corrected chi connectivity index (χ0v) is 7.70. The van der Waals surface area contributed by atoms with E-state index in [1.807, 2.05) is 12.1 Å². The zero-order valence-electron chi connectivity index (χ0n) is 7.70. The molecule has 3 rings (SSSR count). The highest BCUT2D eigenvalue weighted by atomic mass is 16.3. The monoisotopic (exact) mass is 182 g/mol. The molecule has 0 radical (unpaired) electrons. The van der Waals surface area contributed by atoms with Crippen molar-refractivity contribution in [2.24, 2.45) is 0 Å². The summed E-state index contributed by atoms with van der Waals surface area (Å²) in [5.74, 6) is 0.411. The first kappa shape index (κ1) is 7.63. The molecule has 68 valence electrons. The molecule has 0 atom stereocenters. The topological polar surface area (TPSA) is 20.2 Å². The third kappa shape index (κ3) is 0.896. The third-order valence-corrected chi connectivity index (χ3v) is 2.78. The molecule has 0 bridgehead atoms. The minimum absolute atomic E-state index is 0.411. The van der Waals surface area contributed by atoms with Crippen LogP contribution in [0.1, 0.15) is 11.1 Å². The lowest BCUT2D eigenvalue weighted by molar-refractivity contribution is 0.471. The first-order chi connectivity index (χ1) is 6.86. The molecule has 0 aromatic heterocycles. The van der Waals surface area contributed by atoms with Crippen molar-refractivity contribution in [1.82, 2.24) is 0 Å². The van der Waals surface area contributed by atoms with Crippen molar-refractivity contribution in [1.29, 1.82) is 0 Å². The largest absolute Gasteiger partial charge is 0.508 e. The summed E-state index contributed by atoms with van der Waals surface area (Å²) < 4.78 is 0. The van der Waals surface area contributed by atoms with E-state index in [0.717, 1.165) is 12.0 Å². The van der Waals surface area contributed by atoms with Crippen LogP contribution in [0.25, 0.3) is 16.8 Å². The summed E-state index contributed by atoms with van der Waals surface area (Å²) >= 11 is 0. The third-order valence-electron chi connectivity index (χ3n) is 2.78. The van der Waals surface area contributed by atoms with E-state index in [1.54, 1.807) is 6.07 Å². The second-order valence-electron chi connectivity index (χ2n) is 3.62. The maximum Gasteiger partial charge on any atom is 0.119 e. The molecule has 1 aliphatic carbocycles. The Labute approximate surface area is 82.3 Å². The molecular formula is C13H10O. The quantitative estimate of drug-likeness (QED) is 0.663. The summed E-state index contributed by atoms with van der Waals surface area (Å²) in [6.45, 7) is 0. The van der Waals surface area contributed by atoms with Gasteiger partial charge in [-0.25, -0.2) is 0 Å². The fraction of sp³-hybridized carbons (Fsp3) is 0.0769. The SMILES string of the molecule is Oc1ccc2cccc3c2c1CC=C3. The summed E-state index contributed by atoms with van der Waals surface area (Å²) in [5, 5.41) is 12.1. The van der Waals surface area contributed by atoms with Crippen LogP contribution in [0.15, 0.2) is 36.4 Å². The van der Waals surface area contributed by atoms with Crippen molar-refractivity contribution < 1.29 is 5.11 Å². The molecular weight excluding hydrogens is 172 g/mol. The summed E-state index contributed by atoms with van der Waals surface area (Å²) in [5.41, 5.74) is 2.26. The molecule has 0 amide bonds. The van der Waals surface area contributed by atoms with Crippen LogP contribution < -0.4 is 0 Å². The van der Waals surface area contributed by atoms with Crippen molar-refractivity contribution in [2.75, 3.05) is 0 Å². The Morgan fingerprint density at radius 2 is 2.00 bits per heavy atom. The Balaban J connectivity index is 2.56. The summed E-state index contributed by atoms with van der Waals surface area (Å²) in [6.07, 6.45) is 5.05. The van der Waals surface area contributed by atoms with E-state index >= 15 is 0 Å². The highest BCUT2D eigenvalue weighted by molar-refractivity contribution is 5.96. The van der Waals surface area contributed by atoms with Crippen molar-refractivity contribution in [3.05, 3.63) is 47.5 Å². The van der Waals surface area contributed by atoms with Gasteiger partial charge in [-0.05, 0) is 28.8 Å². The number of aromatic hydroxyl groups is 1. The highest BCUT2D eigenvalue weighted by Gasteiger charge is 2.11. The maximum absolute atomic E-state index is 9.73. The zero-order chi connectivity index (χ0) is 9.54. The van der Waals surface area contributed by atoms with Gasteiger partial charge in [0, 0.05) is 5.56 Å². The molecule has 1 N–H and O–H groups in total. The number of benzene rings is 2. The van der Waals surface area contributed by atoms with Crippen LogP contribution in [-0.2, 0) is 6.42 Å². The number of phenols is 1. The van der Waals surface area contributed by atoms with Crippen molar-refractivity contribution >= 4 is 16.8 Å². The van der Waals surface area contributed by atoms with E-state index < -0.39 is 0 Å². The molecule has 0 unspecified atom stereocenters. The molecule has 1 aliphatic rings. The second kappa shape index (κ2) is 2.61. The first-order valence-electron chi connectivity index (χ1n) is 4.76. The predicted molar refractivity (Wildman–Crippen MR) is 58.4 cm³/mol. The molecule has 0 saturated carbocycles. The minimum atomic E-state index is 0.411. The Hall–Kier alpha value is -1.76. The Morgan fingerprint density at radius 3 is 2.93 bits per heavy atom. The molecule has 1 nitrogen and oxygen atoms in total. The lowest BCUT2D eigenvalue weighted by Gasteiger charge is -2.13. The van der Waals surface area contributed by atoms with Crippen LogP contribution in [-0.4, -0.2) is 5.11 Å². The lowest BCUT2D eigenvalue weighted by atomic mass is 9.92. The van der Waals surface area contributed by atoms with Gasteiger partial charge in [0.2, 0.25) is 0 Å². The Morgan fingerprint density at radius 1 is 1.07 bits per heavy atom. The second-order valence-corrected chi connectivity index (χ2v) is 3.62. The fourth-order valence-electron chi connectivity index (χ4n) is 2.12. The molecule has 14 heavy (non-hydrogen) atoms. The van der Waals surface area contributed by atoms with Crippen LogP contribution in [0, 0.1) is 0 Å². The van der Waals surface area contributed by atoms with Gasteiger partial charge in [-0.1, -0.05) is 36.4 Å². The van der Waals surface area contributed by atoms with Gasteiger partial charge in [-0.15, -0.1) is 0 Å². The van der Waals surface area contributed by atoms with E-state index in [0.29, 0.717) is 5.75 Å². The number of phenolic OH excluding ortho intramolecular Hbond substituents is 1. The predicted octanol–water partition coefficient (Wildman–Crippen LogP) is 3.11. The van der Waals surface area contributed by atoms with Crippen LogP contribution in [0.4, 0.5) is 0 Å². The van der Waals surface area contributed by atoms with E-state index in [-0.39, 0.29) is 0 Å². The molecule has 0 spiro atoms. The summed E-state index contributed by atoms with van der Waals surface area (Å²) in [4.78, 5) is 0. The maximum atomic E-state index is 9.73. The number of rotatable bonds is 0. The number of hydrogen-bond acceptors (Lipinski definition) is 1. The highest BCUT2D eigenvalue weighted by Crippen LogP contribution is 2.33. The van der Waals surface area contributed by atoms with Crippen LogP contribution >= 0.6 is 0 Å². The van der Waals surface area contributed by atoms with Gasteiger partial charge in [-0.3, -0.25) is 0 Å². The van der Waals surface area contributed by atoms with Crippen LogP contribution in [0.3, 0.4) is 0 Å². The normalized spacial score (nSPS) is 13.4. The fourth-order valence-corrected chi connectivity index (χ4v) is 2.12. The molecule has 0 fully saturated rings. The minimum Gasteiger partial charge on any atom is -0.508 e. The van der Waals surface area contributed by atoms with Gasteiger partial charge >= 0.3 is 0 Å². The smallest absolute Gasteiger partial charge is 0.119 e. The van der Waals surface area contributed by atoms with Gasteiger partial charge in [-0.2, -0.15) is 0 Å². The number of allylic oxidation sites excluding steroid dienone is 1. The Bertz CT molecular complexity index is 538. The summed E-state index contributed by atoms with van der Waals surface area (Å²) in [6, 6.07) is 9.97. The van der Waals surface area contributed by atoms with Gasteiger partial charge < -0.3 is 5.11 Å². The van der Waals surface area contributed by atoms with Gasteiger partial charge in [0.05, 0.1) is 0 Å². The lowest BCUT2D eigenvalue weighted by Crippen LogP contribution is -1.92. The molecule has 2 aromatic rings. The average molecular weight is 182 g/mol. The molecule has 0 saturated heterocycles. The first-order valence-corrected chi connectivity index (χ1v) is 4.76. The van der Waals surface area contributed by atoms with Crippen molar-refractivity contribution in [3.63, 3.8) is 0 Å². The van der Waals surface area contributed by atoms with E-state index in [2.05, 4.69) is 24.3 Å². The van der Waals surface area contributed by atoms with Crippen LogP contribution in [0.5, 0.6) is 5.75 Å². The molecule has 0 aliphatic heterocycles. The van der Waals surface area contributed by atoms with Gasteiger partial charge in [0.15, 0.2) is 0 Å². The molecule has 2 aromatic carbocycles. The summed E-state index contributed by atoms with van der Waals surface area (Å²) in [7, 11) is 0. The van der Waals surface area contributed by atoms with Gasteiger partial charge in [0.25, 0.3) is 0 Å². The van der Waals surface area contributed by atoms with Crippen molar-refractivity contribution in [2.45, 2.75) is 6.42 Å². The van der Waals surface area contributed by atoms with Gasteiger partial charge in [0.1, 0.15) is 5.75 Å². The van der Waals surface area contributed by atoms with Crippen molar-refractivity contribution in [3.8, 4) is 5.75 Å². The molecule has 0 heterocycles. The van der Waals surface area contributed by atoms with E-state index in [9.17, 15) is 5.11 Å².